The highest BCUT2D eigenvalue weighted by molar-refractivity contribution is 9.09. The molecule has 0 aliphatic carbocycles. The predicted molar refractivity (Wildman–Crippen MR) is 117 cm³/mol. The third kappa shape index (κ3) is 4.72. The molecule has 2 amide bonds. The maximum absolute atomic E-state index is 13.3. The van der Waals surface area contributed by atoms with Gasteiger partial charge in [-0.3, -0.25) is 14.5 Å². The van der Waals surface area contributed by atoms with Crippen LogP contribution in [0.25, 0.3) is 0 Å². The molecule has 0 fully saturated rings. The van der Waals surface area contributed by atoms with Crippen LogP contribution in [0.4, 0.5) is 11.4 Å². The van der Waals surface area contributed by atoms with Gasteiger partial charge in [-0.2, -0.15) is 0 Å². The monoisotopic (exact) mass is 460 g/mol. The molecule has 0 saturated carbocycles. The maximum atomic E-state index is 13.3. The number of ether oxygens (including phenoxy) is 2. The van der Waals surface area contributed by atoms with Gasteiger partial charge in [0.1, 0.15) is 6.04 Å². The smallest absolute Gasteiger partial charge is 0.261 e. The molecule has 1 heterocycles. The van der Waals surface area contributed by atoms with E-state index in [9.17, 15) is 9.59 Å². The summed E-state index contributed by atoms with van der Waals surface area (Å²) in [6, 6.07) is 11.8. The van der Waals surface area contributed by atoms with Crippen LogP contribution in [-0.2, 0) is 4.79 Å². The lowest BCUT2D eigenvalue weighted by Gasteiger charge is -2.26. The third-order valence-electron chi connectivity index (χ3n) is 4.85. The van der Waals surface area contributed by atoms with Crippen molar-refractivity contribution >= 4 is 39.1 Å². The van der Waals surface area contributed by atoms with Crippen LogP contribution in [0.5, 0.6) is 11.5 Å². The molecule has 6 nitrogen and oxygen atoms in total. The van der Waals surface area contributed by atoms with Crippen LogP contribution < -0.4 is 19.7 Å². The maximum Gasteiger partial charge on any atom is 0.261 e. The molecule has 2 aromatic rings. The van der Waals surface area contributed by atoms with E-state index in [4.69, 9.17) is 9.47 Å². The molecule has 7 heteroatoms. The summed E-state index contributed by atoms with van der Waals surface area (Å²) in [5.74, 6) is 0.460. The fourth-order valence-electron chi connectivity index (χ4n) is 3.26. The first-order valence-electron chi connectivity index (χ1n) is 9.67. The summed E-state index contributed by atoms with van der Waals surface area (Å²) in [4.78, 5) is 27.6. The van der Waals surface area contributed by atoms with Crippen LogP contribution in [0.1, 0.15) is 36.5 Å². The Balaban J connectivity index is 1.93. The lowest BCUT2D eigenvalue weighted by molar-refractivity contribution is -0.117. The third-order valence-corrected chi connectivity index (χ3v) is 5.41. The molecule has 1 unspecified atom stereocenters. The number of hydrogen-bond donors (Lipinski definition) is 1. The molecule has 0 aromatic heterocycles. The zero-order valence-electron chi connectivity index (χ0n) is 16.6. The fourth-order valence-corrected chi connectivity index (χ4v) is 3.65. The second kappa shape index (κ2) is 9.78. The van der Waals surface area contributed by atoms with E-state index in [1.165, 1.54) is 12.0 Å². The number of carbonyl (C=O) groups excluding carboxylic acids is 2. The Morgan fingerprint density at radius 3 is 2.52 bits per heavy atom. The van der Waals surface area contributed by atoms with E-state index in [-0.39, 0.29) is 11.8 Å². The van der Waals surface area contributed by atoms with Crippen molar-refractivity contribution in [1.29, 1.82) is 0 Å². The van der Waals surface area contributed by atoms with Gasteiger partial charge in [0.25, 0.3) is 5.91 Å². The number of benzene rings is 2. The highest BCUT2D eigenvalue weighted by Gasteiger charge is 2.34. The van der Waals surface area contributed by atoms with Gasteiger partial charge in [-0.25, -0.2) is 0 Å². The second-order valence-corrected chi connectivity index (χ2v) is 7.62. The van der Waals surface area contributed by atoms with Crippen molar-refractivity contribution in [3.63, 3.8) is 0 Å². The van der Waals surface area contributed by atoms with E-state index >= 15 is 0 Å². The summed E-state index contributed by atoms with van der Waals surface area (Å²) in [7, 11) is 1.54. The molecule has 1 N–H and O–H groups in total. The Morgan fingerprint density at radius 1 is 1.07 bits per heavy atom. The number of para-hydroxylation sites is 1. The number of fused-ring (bicyclic) bond motifs is 1. The average Bonchev–Trinajstić information content (AvgIpc) is 2.82. The standard InChI is InChI=1S/C22H25BrN2O4/c1-15-21(26)24-18-14-20(29-12-8-4-7-11-23)19(28-2)13-17(18)22(27)25(15)16-9-5-3-6-10-16/h3,5-6,9-10,13-15H,4,7-8,11-12H2,1-2H3,(H,24,26). The van der Waals surface area contributed by atoms with E-state index in [0.29, 0.717) is 35.0 Å². The molecule has 29 heavy (non-hydrogen) atoms. The van der Waals surface area contributed by atoms with E-state index in [1.54, 1.807) is 19.1 Å². The fraction of sp³-hybridized carbons (Fsp3) is 0.364. The number of nitrogens with one attached hydrogen (secondary N) is 1. The van der Waals surface area contributed by atoms with Gasteiger partial charge < -0.3 is 14.8 Å². The average molecular weight is 461 g/mol. The molecule has 1 aliphatic heterocycles. The van der Waals surface area contributed by atoms with Crippen LogP contribution in [0.3, 0.4) is 0 Å². The minimum atomic E-state index is -0.656. The van der Waals surface area contributed by atoms with Crippen molar-refractivity contribution in [2.45, 2.75) is 32.2 Å². The van der Waals surface area contributed by atoms with Gasteiger partial charge in [-0.1, -0.05) is 34.1 Å². The molecule has 0 bridgehead atoms. The highest BCUT2D eigenvalue weighted by Crippen LogP contribution is 2.37. The van der Waals surface area contributed by atoms with Crippen LogP contribution in [0.2, 0.25) is 0 Å². The Labute approximate surface area is 179 Å². The second-order valence-electron chi connectivity index (χ2n) is 6.82. The summed E-state index contributed by atoms with van der Waals surface area (Å²) in [5, 5.41) is 3.83. The molecule has 0 radical (unpaired) electrons. The van der Waals surface area contributed by atoms with Crippen molar-refractivity contribution in [2.24, 2.45) is 0 Å². The number of carbonyl (C=O) groups is 2. The predicted octanol–water partition coefficient (Wildman–Crippen LogP) is 4.63. The van der Waals surface area contributed by atoms with Gasteiger partial charge in [0.2, 0.25) is 5.91 Å². The van der Waals surface area contributed by atoms with E-state index in [0.717, 1.165) is 24.6 Å². The first-order valence-corrected chi connectivity index (χ1v) is 10.8. The number of methoxy groups -OCH3 is 1. The molecular weight excluding hydrogens is 436 g/mol. The Morgan fingerprint density at radius 2 is 1.83 bits per heavy atom. The summed E-state index contributed by atoms with van der Waals surface area (Å²) >= 11 is 3.42. The number of anilines is 2. The molecule has 1 aliphatic rings. The molecule has 154 valence electrons. The minimum Gasteiger partial charge on any atom is -0.493 e. The van der Waals surface area contributed by atoms with Gasteiger partial charge in [-0.15, -0.1) is 0 Å². The molecule has 1 atom stereocenters. The van der Waals surface area contributed by atoms with Crippen molar-refractivity contribution in [1.82, 2.24) is 0 Å². The summed E-state index contributed by atoms with van der Waals surface area (Å²) < 4.78 is 11.3. The Bertz CT molecular complexity index is 873. The quantitative estimate of drug-likeness (QED) is 0.460. The van der Waals surface area contributed by atoms with Crippen LogP contribution in [0, 0.1) is 0 Å². The number of nitrogens with zero attached hydrogens (tertiary/aromatic N) is 1. The Kier molecular flexibility index (Phi) is 7.14. The number of hydrogen-bond acceptors (Lipinski definition) is 4. The zero-order chi connectivity index (χ0) is 20.8. The van der Waals surface area contributed by atoms with E-state index in [1.807, 2.05) is 30.3 Å². The van der Waals surface area contributed by atoms with Crippen molar-refractivity contribution in [3.8, 4) is 11.5 Å². The van der Waals surface area contributed by atoms with Gasteiger partial charge in [0.15, 0.2) is 11.5 Å². The highest BCUT2D eigenvalue weighted by atomic mass is 79.9. The van der Waals surface area contributed by atoms with Gasteiger partial charge in [0.05, 0.1) is 25.0 Å². The molecule has 3 rings (SSSR count). The van der Waals surface area contributed by atoms with Crippen molar-refractivity contribution in [2.75, 3.05) is 29.3 Å². The van der Waals surface area contributed by atoms with Crippen molar-refractivity contribution in [3.05, 3.63) is 48.0 Å². The number of alkyl halides is 1. The SMILES string of the molecule is COc1cc2c(cc1OCCCCCBr)NC(=O)C(C)N(c1ccccc1)C2=O. The summed E-state index contributed by atoms with van der Waals surface area (Å²) in [5.41, 5.74) is 1.47. The number of rotatable bonds is 8. The first-order chi connectivity index (χ1) is 14.1. The summed E-state index contributed by atoms with van der Waals surface area (Å²) in [6.07, 6.45) is 3.05. The molecule has 2 aromatic carbocycles. The molecular formula is C22H25BrN2O4. The number of halogens is 1. The van der Waals surface area contributed by atoms with Crippen molar-refractivity contribution < 1.29 is 19.1 Å². The lowest BCUT2D eigenvalue weighted by Crippen LogP contribution is -2.43. The Hall–Kier alpha value is -2.54. The van der Waals surface area contributed by atoms with Gasteiger partial charge >= 0.3 is 0 Å². The van der Waals surface area contributed by atoms with E-state index in [2.05, 4.69) is 21.2 Å². The van der Waals surface area contributed by atoms with E-state index < -0.39 is 6.04 Å². The number of amides is 2. The zero-order valence-corrected chi connectivity index (χ0v) is 18.2. The molecule has 0 spiro atoms. The molecule has 0 saturated heterocycles. The van der Waals surface area contributed by atoms with Crippen LogP contribution in [0.15, 0.2) is 42.5 Å². The first kappa shape index (κ1) is 21.2. The lowest BCUT2D eigenvalue weighted by atomic mass is 10.1. The normalized spacial score (nSPS) is 16.1. The topological polar surface area (TPSA) is 67.9 Å². The van der Waals surface area contributed by atoms with Crippen LogP contribution >= 0.6 is 15.9 Å². The largest absolute Gasteiger partial charge is 0.493 e. The van der Waals surface area contributed by atoms with Gasteiger partial charge in [-0.05, 0) is 44.4 Å². The number of unbranched alkanes of at least 4 members (excludes halogenated alkanes) is 2. The van der Waals surface area contributed by atoms with Crippen LogP contribution in [-0.4, -0.2) is 36.9 Å². The minimum absolute atomic E-state index is 0.255. The van der Waals surface area contributed by atoms with Gasteiger partial charge in [0, 0.05) is 17.1 Å². The summed E-state index contributed by atoms with van der Waals surface area (Å²) in [6.45, 7) is 2.25.